The summed E-state index contributed by atoms with van der Waals surface area (Å²) in [5, 5.41) is 18.9. The molecule has 0 fully saturated rings. The van der Waals surface area contributed by atoms with E-state index in [9.17, 15) is 14.7 Å². The van der Waals surface area contributed by atoms with Gasteiger partial charge in [-0.1, -0.05) is 42.5 Å². The molecule has 1 aromatic carbocycles. The van der Waals surface area contributed by atoms with Crippen LogP contribution in [-0.4, -0.2) is 26.4 Å². The van der Waals surface area contributed by atoms with Crippen LogP contribution in [-0.2, 0) is 17.8 Å². The van der Waals surface area contributed by atoms with E-state index in [-0.39, 0.29) is 12.0 Å². The van der Waals surface area contributed by atoms with Gasteiger partial charge in [0.25, 0.3) is 5.56 Å². The Kier molecular flexibility index (Phi) is 6.75. The molecule has 2 N–H and O–H groups in total. The Bertz CT molecular complexity index is 874. The highest BCUT2D eigenvalue weighted by molar-refractivity contribution is 5.66. The van der Waals surface area contributed by atoms with E-state index < -0.39 is 11.6 Å². The molecule has 0 radical (unpaired) electrons. The fraction of sp³-hybridized carbons (Fsp3) is 0.364. The summed E-state index contributed by atoms with van der Waals surface area (Å²) in [6, 6.07) is 9.73. The van der Waals surface area contributed by atoms with Gasteiger partial charge in [-0.25, -0.2) is 0 Å². The standard InChI is InChI=1S/C22H27NO4/c1-16-14-23(15-17-8-5-4-6-9-17)21(26)19(10-7-11-20(24)25)18(16)12-13-22(2,3)27/h4-6,8-9,12-14,27H,7,10-11,15H2,1-3H3,(H,24,25)/b13-12+. The van der Waals surface area contributed by atoms with Crippen molar-refractivity contribution < 1.29 is 15.0 Å². The van der Waals surface area contributed by atoms with Crippen LogP contribution >= 0.6 is 0 Å². The first-order chi connectivity index (χ1) is 12.7. The van der Waals surface area contributed by atoms with Crippen LogP contribution in [0.1, 0.15) is 48.9 Å². The number of benzene rings is 1. The number of carbonyl (C=O) groups is 1. The summed E-state index contributed by atoms with van der Waals surface area (Å²) in [6.45, 7) is 5.72. The number of aromatic nitrogens is 1. The molecule has 0 aliphatic rings. The Morgan fingerprint density at radius 1 is 1.22 bits per heavy atom. The predicted octanol–water partition coefficient (Wildman–Crippen LogP) is 3.40. The summed E-state index contributed by atoms with van der Waals surface area (Å²) in [7, 11) is 0. The van der Waals surface area contributed by atoms with E-state index in [1.54, 1.807) is 30.6 Å². The number of aliphatic carboxylic acids is 1. The molecular weight excluding hydrogens is 342 g/mol. The Morgan fingerprint density at radius 3 is 2.48 bits per heavy atom. The normalized spacial score (nSPS) is 11.9. The van der Waals surface area contributed by atoms with E-state index in [0.29, 0.717) is 24.9 Å². The topological polar surface area (TPSA) is 79.5 Å². The highest BCUT2D eigenvalue weighted by Crippen LogP contribution is 2.18. The van der Waals surface area contributed by atoms with Gasteiger partial charge in [-0.3, -0.25) is 9.59 Å². The van der Waals surface area contributed by atoms with Crippen molar-refractivity contribution in [2.24, 2.45) is 0 Å². The van der Waals surface area contributed by atoms with Crippen LogP contribution in [0.2, 0.25) is 0 Å². The van der Waals surface area contributed by atoms with E-state index in [4.69, 9.17) is 5.11 Å². The smallest absolute Gasteiger partial charge is 0.303 e. The molecular formula is C22H27NO4. The summed E-state index contributed by atoms with van der Waals surface area (Å²) in [6.07, 6.45) is 6.02. The molecule has 0 saturated heterocycles. The van der Waals surface area contributed by atoms with Crippen molar-refractivity contribution in [1.82, 2.24) is 4.57 Å². The third-order valence-corrected chi connectivity index (χ3v) is 4.29. The number of carboxylic acid groups (broad SMARTS) is 1. The van der Waals surface area contributed by atoms with Crippen LogP contribution in [0.3, 0.4) is 0 Å². The zero-order valence-corrected chi connectivity index (χ0v) is 16.1. The minimum Gasteiger partial charge on any atom is -0.481 e. The van der Waals surface area contributed by atoms with Crippen LogP contribution in [0.5, 0.6) is 0 Å². The third kappa shape index (κ3) is 6.22. The SMILES string of the molecule is Cc1cn(Cc2ccccc2)c(=O)c(CCCC(=O)O)c1/C=C/C(C)(C)O. The van der Waals surface area contributed by atoms with Crippen LogP contribution in [0, 0.1) is 6.92 Å². The lowest BCUT2D eigenvalue weighted by Gasteiger charge is -2.16. The minimum atomic E-state index is -0.996. The Balaban J connectivity index is 2.46. The van der Waals surface area contributed by atoms with E-state index in [2.05, 4.69) is 0 Å². The van der Waals surface area contributed by atoms with Crippen molar-refractivity contribution in [1.29, 1.82) is 0 Å². The second-order valence-corrected chi connectivity index (χ2v) is 7.36. The fourth-order valence-electron chi connectivity index (χ4n) is 2.96. The summed E-state index contributed by atoms with van der Waals surface area (Å²) < 4.78 is 1.67. The molecule has 0 amide bonds. The van der Waals surface area contributed by atoms with Crippen LogP contribution in [0.25, 0.3) is 6.08 Å². The first kappa shape index (κ1) is 20.6. The maximum absolute atomic E-state index is 13.1. The summed E-state index contributed by atoms with van der Waals surface area (Å²) >= 11 is 0. The monoisotopic (exact) mass is 369 g/mol. The molecule has 1 aromatic heterocycles. The predicted molar refractivity (Wildman–Crippen MR) is 107 cm³/mol. The van der Waals surface area contributed by atoms with Crippen molar-refractivity contribution in [2.75, 3.05) is 0 Å². The van der Waals surface area contributed by atoms with Gasteiger partial charge >= 0.3 is 5.97 Å². The summed E-state index contributed by atoms with van der Waals surface area (Å²) in [5.74, 6) is -0.874. The molecule has 27 heavy (non-hydrogen) atoms. The van der Waals surface area contributed by atoms with Crippen molar-refractivity contribution in [3.63, 3.8) is 0 Å². The zero-order chi connectivity index (χ0) is 20.0. The lowest BCUT2D eigenvalue weighted by Crippen LogP contribution is -2.26. The number of carboxylic acids is 1. The number of nitrogens with zero attached hydrogens (tertiary/aromatic N) is 1. The molecule has 0 saturated carbocycles. The van der Waals surface area contributed by atoms with E-state index in [0.717, 1.165) is 16.7 Å². The molecule has 0 bridgehead atoms. The Labute approximate surface area is 159 Å². The average molecular weight is 369 g/mol. The Morgan fingerprint density at radius 2 is 1.89 bits per heavy atom. The second kappa shape index (κ2) is 8.82. The quantitative estimate of drug-likeness (QED) is 0.747. The number of pyridine rings is 1. The van der Waals surface area contributed by atoms with Gasteiger partial charge in [-0.2, -0.15) is 0 Å². The highest BCUT2D eigenvalue weighted by atomic mass is 16.4. The number of hydrogen-bond acceptors (Lipinski definition) is 3. The summed E-state index contributed by atoms with van der Waals surface area (Å²) in [4.78, 5) is 23.9. The van der Waals surface area contributed by atoms with Gasteiger partial charge in [0.2, 0.25) is 0 Å². The molecule has 2 rings (SSSR count). The second-order valence-electron chi connectivity index (χ2n) is 7.36. The largest absolute Gasteiger partial charge is 0.481 e. The van der Waals surface area contributed by atoms with Crippen molar-refractivity contribution in [3.05, 3.63) is 75.2 Å². The van der Waals surface area contributed by atoms with Crippen molar-refractivity contribution >= 4 is 12.0 Å². The van der Waals surface area contributed by atoms with E-state index in [1.165, 1.54) is 0 Å². The molecule has 144 valence electrons. The lowest BCUT2D eigenvalue weighted by atomic mass is 9.97. The lowest BCUT2D eigenvalue weighted by molar-refractivity contribution is -0.137. The average Bonchev–Trinajstić information content (AvgIpc) is 2.58. The van der Waals surface area contributed by atoms with Gasteiger partial charge in [-0.15, -0.1) is 0 Å². The fourth-order valence-corrected chi connectivity index (χ4v) is 2.96. The van der Waals surface area contributed by atoms with Gasteiger partial charge in [0.05, 0.1) is 12.1 Å². The zero-order valence-electron chi connectivity index (χ0n) is 16.1. The molecule has 1 heterocycles. The van der Waals surface area contributed by atoms with Gasteiger partial charge in [0, 0.05) is 18.2 Å². The van der Waals surface area contributed by atoms with Gasteiger partial charge in [0.1, 0.15) is 0 Å². The highest BCUT2D eigenvalue weighted by Gasteiger charge is 2.14. The Hall–Kier alpha value is -2.66. The van der Waals surface area contributed by atoms with Gasteiger partial charge < -0.3 is 14.8 Å². The maximum atomic E-state index is 13.1. The molecule has 5 heteroatoms. The number of aryl methyl sites for hydroxylation is 1. The number of hydrogen-bond donors (Lipinski definition) is 2. The number of aliphatic hydroxyl groups is 1. The van der Waals surface area contributed by atoms with E-state index >= 15 is 0 Å². The van der Waals surface area contributed by atoms with Crippen LogP contribution in [0.4, 0.5) is 0 Å². The molecule has 0 spiro atoms. The summed E-state index contributed by atoms with van der Waals surface area (Å²) in [5.41, 5.74) is 2.17. The van der Waals surface area contributed by atoms with Gasteiger partial charge in [-0.05, 0) is 50.3 Å². The molecule has 0 aliphatic heterocycles. The van der Waals surface area contributed by atoms with Gasteiger partial charge in [0.15, 0.2) is 0 Å². The molecule has 2 aromatic rings. The van der Waals surface area contributed by atoms with Crippen molar-refractivity contribution in [2.45, 2.75) is 52.2 Å². The first-order valence-corrected chi connectivity index (χ1v) is 9.07. The first-order valence-electron chi connectivity index (χ1n) is 9.07. The molecule has 0 atom stereocenters. The van der Waals surface area contributed by atoms with E-state index in [1.807, 2.05) is 43.5 Å². The number of rotatable bonds is 8. The molecule has 0 unspecified atom stereocenters. The minimum absolute atomic E-state index is 0.0146. The molecule has 0 aliphatic carbocycles. The third-order valence-electron chi connectivity index (χ3n) is 4.29. The van der Waals surface area contributed by atoms with Crippen LogP contribution in [0.15, 0.2) is 47.4 Å². The van der Waals surface area contributed by atoms with Crippen molar-refractivity contribution in [3.8, 4) is 0 Å². The maximum Gasteiger partial charge on any atom is 0.303 e. The molecule has 5 nitrogen and oxygen atoms in total. The van der Waals surface area contributed by atoms with Crippen LogP contribution < -0.4 is 5.56 Å².